The smallest absolute Gasteiger partial charge is 0.329 e. The van der Waals surface area contributed by atoms with Crippen molar-refractivity contribution in [1.29, 1.82) is 0 Å². The molecule has 1 aliphatic heterocycles. The lowest BCUT2D eigenvalue weighted by molar-refractivity contribution is -0.165. The zero-order chi connectivity index (χ0) is 13.0. The fraction of sp³-hybridized carbons (Fsp3) is 0.929. The molecule has 0 unspecified atom stereocenters. The van der Waals surface area contributed by atoms with Gasteiger partial charge in [-0.15, -0.1) is 0 Å². The lowest BCUT2D eigenvalue weighted by atomic mass is 9.92. The molecule has 1 N–H and O–H groups in total. The Bertz CT molecular complexity index is 279. The average Bonchev–Trinajstić information content (AvgIpc) is 2.53. The second-order valence-electron chi connectivity index (χ2n) is 6.16. The summed E-state index contributed by atoms with van der Waals surface area (Å²) in [5.41, 5.74) is -0.233. The van der Waals surface area contributed by atoms with E-state index in [1.54, 1.807) is 0 Å². The van der Waals surface area contributed by atoms with Crippen LogP contribution in [0, 0.1) is 5.92 Å². The maximum Gasteiger partial charge on any atom is 0.329 e. The molecule has 18 heavy (non-hydrogen) atoms. The van der Waals surface area contributed by atoms with Crippen LogP contribution >= 0.6 is 0 Å². The Balaban J connectivity index is 1.66. The van der Waals surface area contributed by atoms with Crippen LogP contribution in [0.15, 0.2) is 0 Å². The van der Waals surface area contributed by atoms with Crippen molar-refractivity contribution in [3.8, 4) is 0 Å². The third-order valence-corrected chi connectivity index (χ3v) is 4.15. The molecule has 2 aliphatic rings. The van der Waals surface area contributed by atoms with Crippen LogP contribution < -0.4 is 0 Å². The molecule has 0 aromatic carbocycles. The van der Waals surface area contributed by atoms with E-state index in [2.05, 4.69) is 4.90 Å². The van der Waals surface area contributed by atoms with E-state index in [0.717, 1.165) is 19.0 Å². The lowest BCUT2D eigenvalue weighted by Gasteiger charge is -2.48. The second kappa shape index (κ2) is 6.02. The first-order valence-electron chi connectivity index (χ1n) is 7.15. The van der Waals surface area contributed by atoms with E-state index in [4.69, 9.17) is 9.84 Å². The average molecular weight is 255 g/mol. The Morgan fingerprint density at radius 1 is 1.28 bits per heavy atom. The van der Waals surface area contributed by atoms with Crippen LogP contribution in [0.25, 0.3) is 0 Å². The molecule has 0 aromatic rings. The third kappa shape index (κ3) is 3.95. The van der Waals surface area contributed by atoms with Crippen LogP contribution in [0.3, 0.4) is 0 Å². The van der Waals surface area contributed by atoms with Gasteiger partial charge < -0.3 is 9.84 Å². The maximum atomic E-state index is 10.5. The van der Waals surface area contributed by atoms with Gasteiger partial charge in [0.2, 0.25) is 0 Å². The summed E-state index contributed by atoms with van der Waals surface area (Å²) in [4.78, 5) is 12.9. The number of hydrogen-bond donors (Lipinski definition) is 1. The molecule has 4 nitrogen and oxygen atoms in total. The second-order valence-corrected chi connectivity index (χ2v) is 6.16. The summed E-state index contributed by atoms with van der Waals surface area (Å²) in [6.45, 7) is 4.78. The molecule has 0 aromatic heterocycles. The predicted molar refractivity (Wildman–Crippen MR) is 69.6 cm³/mol. The van der Waals surface area contributed by atoms with Gasteiger partial charge in [0.05, 0.1) is 5.60 Å². The van der Waals surface area contributed by atoms with Crippen molar-refractivity contribution < 1.29 is 14.6 Å². The number of ether oxygens (including phenoxy) is 1. The zero-order valence-corrected chi connectivity index (χ0v) is 11.4. The molecule has 2 fully saturated rings. The van der Waals surface area contributed by atoms with Gasteiger partial charge >= 0.3 is 5.97 Å². The van der Waals surface area contributed by atoms with Crippen molar-refractivity contribution in [3.63, 3.8) is 0 Å². The summed E-state index contributed by atoms with van der Waals surface area (Å²) in [5, 5.41) is 8.62. The number of nitrogens with zero attached hydrogens (tertiary/aromatic N) is 1. The maximum absolute atomic E-state index is 10.5. The standard InChI is InChI=1S/C14H25NO3/c1-14(18-9-13(16)17)10-15(11-14)8-12-6-4-2-3-5-7-12/h12H,2-11H2,1H3,(H,16,17). The first-order valence-corrected chi connectivity index (χ1v) is 7.15. The van der Waals surface area contributed by atoms with Gasteiger partial charge in [0, 0.05) is 19.6 Å². The zero-order valence-electron chi connectivity index (χ0n) is 11.4. The fourth-order valence-electron chi connectivity index (χ4n) is 3.27. The summed E-state index contributed by atoms with van der Waals surface area (Å²) in [6, 6.07) is 0. The molecule has 0 amide bonds. The van der Waals surface area contributed by atoms with E-state index in [0.29, 0.717) is 0 Å². The van der Waals surface area contributed by atoms with Gasteiger partial charge in [-0.05, 0) is 25.7 Å². The largest absolute Gasteiger partial charge is 0.480 e. The van der Waals surface area contributed by atoms with E-state index in [9.17, 15) is 4.79 Å². The van der Waals surface area contributed by atoms with Gasteiger partial charge in [-0.25, -0.2) is 4.79 Å². The molecule has 0 atom stereocenters. The fourth-order valence-corrected chi connectivity index (χ4v) is 3.27. The van der Waals surface area contributed by atoms with Crippen molar-refractivity contribution in [3.05, 3.63) is 0 Å². The van der Waals surface area contributed by atoms with E-state index in [1.165, 1.54) is 45.1 Å². The summed E-state index contributed by atoms with van der Waals surface area (Å²) in [6.07, 6.45) is 8.29. The number of aliphatic carboxylic acids is 1. The Morgan fingerprint density at radius 2 is 1.89 bits per heavy atom. The van der Waals surface area contributed by atoms with Crippen LogP contribution in [0.5, 0.6) is 0 Å². The van der Waals surface area contributed by atoms with E-state index >= 15 is 0 Å². The Morgan fingerprint density at radius 3 is 2.44 bits per heavy atom. The molecule has 104 valence electrons. The predicted octanol–water partition coefficient (Wildman–Crippen LogP) is 2.13. The Kier molecular flexibility index (Phi) is 4.62. The highest BCUT2D eigenvalue weighted by Gasteiger charge is 2.40. The summed E-state index contributed by atoms with van der Waals surface area (Å²) >= 11 is 0. The van der Waals surface area contributed by atoms with Crippen molar-refractivity contribution in [2.75, 3.05) is 26.2 Å². The molecular formula is C14H25NO3. The summed E-state index contributed by atoms with van der Waals surface area (Å²) < 4.78 is 5.43. The molecule has 0 radical (unpaired) electrons. The monoisotopic (exact) mass is 255 g/mol. The SMILES string of the molecule is CC1(OCC(=O)O)CN(CC2CCCCCC2)C1. The number of rotatable bonds is 5. The van der Waals surface area contributed by atoms with Crippen molar-refractivity contribution in [1.82, 2.24) is 4.90 Å². The lowest BCUT2D eigenvalue weighted by Crippen LogP contribution is -2.62. The molecule has 1 saturated carbocycles. The first kappa shape index (κ1) is 13.8. The minimum atomic E-state index is -0.876. The molecule has 1 heterocycles. The first-order chi connectivity index (χ1) is 8.57. The molecule has 4 heteroatoms. The molecule has 1 aliphatic carbocycles. The quantitative estimate of drug-likeness (QED) is 0.765. The van der Waals surface area contributed by atoms with E-state index in [-0.39, 0.29) is 12.2 Å². The number of carboxylic acids is 1. The van der Waals surface area contributed by atoms with E-state index < -0.39 is 5.97 Å². The summed E-state index contributed by atoms with van der Waals surface area (Å²) in [7, 11) is 0. The van der Waals surface area contributed by atoms with Crippen LogP contribution in [0.4, 0.5) is 0 Å². The van der Waals surface area contributed by atoms with Gasteiger partial charge in [0.15, 0.2) is 0 Å². The van der Waals surface area contributed by atoms with Crippen LogP contribution in [0.1, 0.15) is 45.4 Å². The number of carbonyl (C=O) groups is 1. The third-order valence-electron chi connectivity index (χ3n) is 4.15. The van der Waals surface area contributed by atoms with Crippen molar-refractivity contribution in [2.24, 2.45) is 5.92 Å². The van der Waals surface area contributed by atoms with Gasteiger partial charge in [0.1, 0.15) is 6.61 Å². The normalized spacial score (nSPS) is 25.4. The van der Waals surface area contributed by atoms with E-state index in [1.807, 2.05) is 6.92 Å². The van der Waals surface area contributed by atoms with Gasteiger partial charge in [0.25, 0.3) is 0 Å². The topological polar surface area (TPSA) is 49.8 Å². The van der Waals surface area contributed by atoms with Crippen LogP contribution in [0.2, 0.25) is 0 Å². The number of hydrogen-bond acceptors (Lipinski definition) is 3. The molecule has 0 spiro atoms. The molecule has 1 saturated heterocycles. The highest BCUT2D eigenvalue weighted by molar-refractivity contribution is 5.68. The van der Waals surface area contributed by atoms with Gasteiger partial charge in [-0.2, -0.15) is 0 Å². The van der Waals surface area contributed by atoms with Gasteiger partial charge in [-0.1, -0.05) is 25.7 Å². The molecule has 0 bridgehead atoms. The number of likely N-dealkylation sites (tertiary alicyclic amines) is 1. The number of carboxylic acid groups (broad SMARTS) is 1. The van der Waals surface area contributed by atoms with Crippen LogP contribution in [-0.4, -0.2) is 47.8 Å². The van der Waals surface area contributed by atoms with Crippen LogP contribution in [-0.2, 0) is 9.53 Å². The highest BCUT2D eigenvalue weighted by Crippen LogP contribution is 2.29. The van der Waals surface area contributed by atoms with Crippen molar-refractivity contribution >= 4 is 5.97 Å². The highest BCUT2D eigenvalue weighted by atomic mass is 16.5. The van der Waals surface area contributed by atoms with Gasteiger partial charge in [-0.3, -0.25) is 4.90 Å². The minimum absolute atomic E-state index is 0.173. The molecular weight excluding hydrogens is 230 g/mol. The Hall–Kier alpha value is -0.610. The summed E-state index contributed by atoms with van der Waals surface area (Å²) in [5.74, 6) is -0.0324. The molecule has 2 rings (SSSR count). The van der Waals surface area contributed by atoms with Crippen molar-refractivity contribution in [2.45, 2.75) is 51.0 Å². The minimum Gasteiger partial charge on any atom is -0.480 e. The Labute approximate surface area is 109 Å².